The third-order valence-electron chi connectivity index (χ3n) is 4.69. The Morgan fingerprint density at radius 3 is 1.73 bits per heavy atom. The lowest BCUT2D eigenvalue weighted by Gasteiger charge is -2.28. The predicted molar refractivity (Wildman–Crippen MR) is 121 cm³/mol. The first-order valence-corrected chi connectivity index (χ1v) is 11.9. The molecule has 0 amide bonds. The molecule has 3 aromatic rings. The Labute approximate surface area is 165 Å². The fraction of sp³-hybridized carbons (Fsp3) is 0.0833. The van der Waals surface area contributed by atoms with Crippen LogP contribution in [0.15, 0.2) is 94.8 Å². The van der Waals surface area contributed by atoms with E-state index in [1.165, 1.54) is 32.7 Å². The number of allylic oxidation sites excluding steroid dienone is 2. The molecule has 0 N–H and O–H groups in total. The van der Waals surface area contributed by atoms with Crippen molar-refractivity contribution < 1.29 is 0 Å². The SMILES string of the molecule is CS1(C)C=C(c2ccccc2)C(c2ccccc2)=C1c1ccc(Br)cc1. The molecule has 0 saturated carbocycles. The van der Waals surface area contributed by atoms with E-state index in [9.17, 15) is 0 Å². The molecule has 130 valence electrons. The van der Waals surface area contributed by atoms with Gasteiger partial charge in [0.05, 0.1) is 0 Å². The summed E-state index contributed by atoms with van der Waals surface area (Å²) in [5, 5.41) is 2.50. The van der Waals surface area contributed by atoms with E-state index >= 15 is 0 Å². The molecule has 0 saturated heterocycles. The van der Waals surface area contributed by atoms with Crippen molar-refractivity contribution in [2.24, 2.45) is 0 Å². The van der Waals surface area contributed by atoms with Crippen molar-refractivity contribution in [3.63, 3.8) is 0 Å². The number of rotatable bonds is 3. The van der Waals surface area contributed by atoms with Gasteiger partial charge in [-0.05, 0) is 52.3 Å². The summed E-state index contributed by atoms with van der Waals surface area (Å²) in [6.45, 7) is 0. The predicted octanol–water partition coefficient (Wildman–Crippen LogP) is 7.44. The molecule has 0 aromatic heterocycles. The number of halogens is 1. The Hall–Kier alpha value is -2.03. The lowest BCUT2D eigenvalue weighted by atomic mass is 9.92. The van der Waals surface area contributed by atoms with Crippen LogP contribution in [0.4, 0.5) is 0 Å². The molecule has 2 heteroatoms. The van der Waals surface area contributed by atoms with Crippen molar-refractivity contribution in [2.45, 2.75) is 0 Å². The second-order valence-electron chi connectivity index (χ2n) is 6.88. The van der Waals surface area contributed by atoms with Gasteiger partial charge in [-0.1, -0.05) is 88.7 Å². The lowest BCUT2D eigenvalue weighted by molar-refractivity contribution is 1.58. The fourth-order valence-electron chi connectivity index (χ4n) is 3.57. The number of hydrogen-bond donors (Lipinski definition) is 0. The quantitative estimate of drug-likeness (QED) is 0.412. The highest BCUT2D eigenvalue weighted by molar-refractivity contribution is 9.10. The molecule has 0 radical (unpaired) electrons. The highest BCUT2D eigenvalue weighted by atomic mass is 79.9. The van der Waals surface area contributed by atoms with Crippen LogP contribution in [0.3, 0.4) is 0 Å². The normalized spacial score (nSPS) is 17.1. The van der Waals surface area contributed by atoms with E-state index in [4.69, 9.17) is 0 Å². The highest BCUT2D eigenvalue weighted by Crippen LogP contribution is 2.66. The molecule has 0 bridgehead atoms. The molecule has 4 rings (SSSR count). The zero-order valence-electron chi connectivity index (χ0n) is 14.9. The summed E-state index contributed by atoms with van der Waals surface area (Å²) in [4.78, 5) is 1.47. The Morgan fingerprint density at radius 1 is 0.615 bits per heavy atom. The number of benzene rings is 3. The third kappa shape index (κ3) is 3.20. The zero-order valence-corrected chi connectivity index (χ0v) is 17.3. The molecule has 26 heavy (non-hydrogen) atoms. The highest BCUT2D eigenvalue weighted by Gasteiger charge is 2.31. The van der Waals surface area contributed by atoms with Crippen LogP contribution < -0.4 is 0 Å². The molecule has 1 aliphatic rings. The second kappa shape index (κ2) is 6.94. The molecule has 1 heterocycles. The van der Waals surface area contributed by atoms with Crippen LogP contribution in [0, 0.1) is 0 Å². The van der Waals surface area contributed by atoms with Gasteiger partial charge in [-0.15, -0.1) is 0 Å². The largest absolute Gasteiger partial charge is 0.198 e. The monoisotopic (exact) mass is 420 g/mol. The maximum atomic E-state index is 3.57. The Kier molecular flexibility index (Phi) is 4.64. The Bertz CT molecular complexity index is 981. The zero-order chi connectivity index (χ0) is 18.1. The first-order valence-electron chi connectivity index (χ1n) is 8.63. The minimum atomic E-state index is -1.05. The van der Waals surface area contributed by atoms with Crippen molar-refractivity contribution in [3.8, 4) is 0 Å². The first kappa shape index (κ1) is 17.4. The van der Waals surface area contributed by atoms with Gasteiger partial charge in [0.15, 0.2) is 0 Å². The van der Waals surface area contributed by atoms with Gasteiger partial charge in [-0.25, -0.2) is 0 Å². The van der Waals surface area contributed by atoms with Crippen molar-refractivity contribution in [3.05, 3.63) is 112 Å². The minimum Gasteiger partial charge on any atom is -0.198 e. The van der Waals surface area contributed by atoms with Gasteiger partial charge in [-0.2, -0.15) is 10.0 Å². The molecule has 0 spiro atoms. The smallest absolute Gasteiger partial charge is 0.0175 e. The minimum absolute atomic E-state index is 1.05. The summed E-state index contributed by atoms with van der Waals surface area (Å²) < 4.78 is 1.12. The van der Waals surface area contributed by atoms with E-state index in [0.717, 1.165) is 4.47 Å². The first-order chi connectivity index (χ1) is 12.6. The van der Waals surface area contributed by atoms with E-state index in [-0.39, 0.29) is 0 Å². The van der Waals surface area contributed by atoms with Gasteiger partial charge in [0.1, 0.15) is 0 Å². The summed E-state index contributed by atoms with van der Waals surface area (Å²) in [6.07, 6.45) is 4.78. The van der Waals surface area contributed by atoms with Gasteiger partial charge in [0.25, 0.3) is 0 Å². The van der Waals surface area contributed by atoms with Crippen molar-refractivity contribution in [1.82, 2.24) is 0 Å². The van der Waals surface area contributed by atoms with E-state index in [1.54, 1.807) is 0 Å². The lowest BCUT2D eigenvalue weighted by Crippen LogP contribution is -1.95. The van der Waals surface area contributed by atoms with E-state index in [0.29, 0.717) is 0 Å². The van der Waals surface area contributed by atoms with Crippen LogP contribution in [0.5, 0.6) is 0 Å². The maximum Gasteiger partial charge on any atom is 0.0175 e. The van der Waals surface area contributed by atoms with Gasteiger partial charge in [-0.3, -0.25) is 0 Å². The molecule has 0 aliphatic carbocycles. The fourth-order valence-corrected chi connectivity index (χ4v) is 6.29. The third-order valence-corrected chi connectivity index (χ3v) is 7.53. The Morgan fingerprint density at radius 2 is 1.15 bits per heavy atom. The molecule has 0 nitrogen and oxygen atoms in total. The molecule has 0 atom stereocenters. The standard InChI is InChI=1S/C24H21BrS/c1-26(2)17-22(18-9-5-3-6-10-18)23(19-11-7-4-8-12-19)24(26)20-13-15-21(25)16-14-20/h3-17H,1-2H3. The molecular formula is C24H21BrS. The van der Waals surface area contributed by atoms with Crippen molar-refractivity contribution >= 4 is 42.0 Å². The topological polar surface area (TPSA) is 0 Å². The molecule has 3 aromatic carbocycles. The van der Waals surface area contributed by atoms with Gasteiger partial charge in [0.2, 0.25) is 0 Å². The van der Waals surface area contributed by atoms with Crippen molar-refractivity contribution in [2.75, 3.05) is 12.5 Å². The molecule has 1 aliphatic heterocycles. The number of hydrogen-bond acceptors (Lipinski definition) is 0. The second-order valence-corrected chi connectivity index (χ2v) is 11.3. The maximum absolute atomic E-state index is 3.57. The van der Waals surface area contributed by atoms with Crippen LogP contribution in [0.25, 0.3) is 16.1 Å². The van der Waals surface area contributed by atoms with E-state index in [2.05, 4.69) is 119 Å². The summed E-state index contributed by atoms with van der Waals surface area (Å²) in [5.41, 5.74) is 6.63. The van der Waals surface area contributed by atoms with Crippen LogP contribution in [-0.4, -0.2) is 12.5 Å². The average molecular weight is 421 g/mol. The van der Waals surface area contributed by atoms with Crippen LogP contribution in [-0.2, 0) is 0 Å². The summed E-state index contributed by atoms with van der Waals surface area (Å²) in [5.74, 6) is 0. The van der Waals surface area contributed by atoms with Gasteiger partial charge in [0, 0.05) is 15.0 Å². The van der Waals surface area contributed by atoms with Crippen LogP contribution >= 0.6 is 26.0 Å². The summed E-state index contributed by atoms with van der Waals surface area (Å²) >= 11 is 3.57. The van der Waals surface area contributed by atoms with Gasteiger partial charge >= 0.3 is 0 Å². The van der Waals surface area contributed by atoms with E-state index < -0.39 is 10.0 Å². The molecule has 0 unspecified atom stereocenters. The molecular weight excluding hydrogens is 400 g/mol. The summed E-state index contributed by atoms with van der Waals surface area (Å²) in [6, 6.07) is 30.3. The molecule has 0 fully saturated rings. The van der Waals surface area contributed by atoms with Crippen LogP contribution in [0.1, 0.15) is 16.7 Å². The van der Waals surface area contributed by atoms with Gasteiger partial charge < -0.3 is 0 Å². The average Bonchev–Trinajstić information content (AvgIpc) is 2.95. The Balaban J connectivity index is 2.00. The summed E-state index contributed by atoms with van der Waals surface area (Å²) in [7, 11) is -1.05. The van der Waals surface area contributed by atoms with Crippen LogP contribution in [0.2, 0.25) is 0 Å². The van der Waals surface area contributed by atoms with Crippen molar-refractivity contribution in [1.29, 1.82) is 0 Å². The van der Waals surface area contributed by atoms with E-state index in [1.807, 2.05) is 0 Å².